The fourth-order valence-electron chi connectivity index (χ4n) is 2.86. The van der Waals surface area contributed by atoms with Crippen LogP contribution in [0.25, 0.3) is 0 Å². The van der Waals surface area contributed by atoms with Gasteiger partial charge in [-0.2, -0.15) is 0 Å². The van der Waals surface area contributed by atoms with E-state index in [1.54, 1.807) is 48.5 Å². The van der Waals surface area contributed by atoms with Crippen LogP contribution in [0.5, 0.6) is 0 Å². The Bertz CT molecular complexity index is 771. The van der Waals surface area contributed by atoms with Gasteiger partial charge in [0.2, 0.25) is 5.14 Å². The van der Waals surface area contributed by atoms with Crippen molar-refractivity contribution in [3.63, 3.8) is 0 Å². The smallest absolute Gasteiger partial charge is 0.329 e. The van der Waals surface area contributed by atoms with Crippen molar-refractivity contribution in [3.05, 3.63) is 71.8 Å². The molecule has 1 heterocycles. The lowest BCUT2D eigenvalue weighted by atomic mass is 9.83. The van der Waals surface area contributed by atoms with E-state index in [0.29, 0.717) is 11.1 Å². The number of ether oxygens (including phenoxy) is 1. The van der Waals surface area contributed by atoms with E-state index in [0.717, 1.165) is 4.90 Å². The second-order valence-corrected chi connectivity index (χ2v) is 6.27. The van der Waals surface area contributed by atoms with Gasteiger partial charge in [-0.1, -0.05) is 60.7 Å². The van der Waals surface area contributed by atoms with Crippen molar-refractivity contribution >= 4 is 33.8 Å². The number of alkyl halides is 1. The molecule has 0 aromatic heterocycles. The summed E-state index contributed by atoms with van der Waals surface area (Å²) in [6.07, 6.45) is 0. The van der Waals surface area contributed by atoms with Gasteiger partial charge in [0, 0.05) is 6.92 Å². The summed E-state index contributed by atoms with van der Waals surface area (Å²) in [5.41, 5.74) is -0.152. The molecule has 3 rings (SSSR count). The predicted molar refractivity (Wildman–Crippen MR) is 93.5 cm³/mol. The molecule has 1 N–H and O–H groups in total. The molecule has 1 fully saturated rings. The highest BCUT2D eigenvalue weighted by atomic mass is 79.9. The predicted octanol–water partition coefficient (Wildman–Crippen LogP) is 2.72. The van der Waals surface area contributed by atoms with Gasteiger partial charge >= 0.3 is 12.0 Å². The summed E-state index contributed by atoms with van der Waals surface area (Å²) in [4.78, 5) is 37.9. The maximum Gasteiger partial charge on any atom is 0.329 e. The number of nitrogens with one attached hydrogen (secondary N) is 1. The molecule has 128 valence electrons. The number of nitrogens with zero attached hydrogens (tertiary/aromatic N) is 1. The van der Waals surface area contributed by atoms with E-state index in [1.165, 1.54) is 6.92 Å². The van der Waals surface area contributed by atoms with E-state index in [4.69, 9.17) is 4.74 Å². The first-order valence-corrected chi connectivity index (χ1v) is 8.46. The summed E-state index contributed by atoms with van der Waals surface area (Å²) in [7, 11) is 0. The van der Waals surface area contributed by atoms with Gasteiger partial charge in [0.25, 0.3) is 5.91 Å². The van der Waals surface area contributed by atoms with Crippen LogP contribution < -0.4 is 5.32 Å². The van der Waals surface area contributed by atoms with Crippen molar-refractivity contribution in [2.45, 2.75) is 17.6 Å². The van der Waals surface area contributed by atoms with Crippen molar-refractivity contribution < 1.29 is 19.1 Å². The van der Waals surface area contributed by atoms with Crippen molar-refractivity contribution in [2.75, 3.05) is 0 Å². The third kappa shape index (κ3) is 2.91. The Morgan fingerprint density at radius 2 is 1.52 bits per heavy atom. The summed E-state index contributed by atoms with van der Waals surface area (Å²) in [6, 6.07) is 17.2. The number of imide groups is 1. The van der Waals surface area contributed by atoms with Gasteiger partial charge in [-0.25, -0.2) is 9.69 Å². The van der Waals surface area contributed by atoms with Crippen LogP contribution in [0.3, 0.4) is 0 Å². The normalized spacial score (nSPS) is 17.1. The molecular formula is C18H15BrN2O4. The fourth-order valence-corrected chi connectivity index (χ4v) is 3.49. The van der Waals surface area contributed by atoms with Crippen LogP contribution in [-0.2, 0) is 19.9 Å². The van der Waals surface area contributed by atoms with Crippen molar-refractivity contribution in [1.29, 1.82) is 0 Å². The van der Waals surface area contributed by atoms with E-state index in [2.05, 4.69) is 21.2 Å². The molecule has 2 aromatic carbocycles. The van der Waals surface area contributed by atoms with Crippen LogP contribution in [0.1, 0.15) is 18.1 Å². The number of carbonyl (C=O) groups excluding carboxylic acids is 3. The molecule has 3 amide bonds. The second-order valence-electron chi connectivity index (χ2n) is 5.49. The van der Waals surface area contributed by atoms with Crippen LogP contribution >= 0.6 is 15.9 Å². The molecule has 0 spiro atoms. The van der Waals surface area contributed by atoms with E-state index >= 15 is 0 Å². The standard InChI is InChI=1S/C18H15BrN2O4/c1-12(22)25-16(19)21-15(23)18(20-17(21)24,13-8-4-2-5-9-13)14-10-6-3-7-11-14/h2-11,16H,1H3,(H,20,24). The van der Waals surface area contributed by atoms with Crippen LogP contribution in [0.2, 0.25) is 0 Å². The average Bonchev–Trinajstić information content (AvgIpc) is 2.87. The van der Waals surface area contributed by atoms with Crippen LogP contribution in [0, 0.1) is 0 Å². The van der Waals surface area contributed by atoms with Gasteiger partial charge in [-0.15, -0.1) is 0 Å². The molecule has 0 aliphatic carbocycles. The Morgan fingerprint density at radius 3 is 1.96 bits per heavy atom. The third-order valence-corrected chi connectivity index (χ3v) is 4.53. The summed E-state index contributed by atoms with van der Waals surface area (Å²) in [5, 5.41) is 1.58. The van der Waals surface area contributed by atoms with Crippen molar-refractivity contribution in [3.8, 4) is 0 Å². The van der Waals surface area contributed by atoms with Gasteiger partial charge in [0.05, 0.1) is 0 Å². The fraction of sp³-hybridized carbons (Fsp3) is 0.167. The van der Waals surface area contributed by atoms with E-state index < -0.39 is 28.6 Å². The lowest BCUT2D eigenvalue weighted by molar-refractivity contribution is -0.150. The van der Waals surface area contributed by atoms with Gasteiger partial charge < -0.3 is 10.1 Å². The molecule has 25 heavy (non-hydrogen) atoms. The Balaban J connectivity index is 2.13. The first-order valence-electron chi connectivity index (χ1n) is 7.55. The molecule has 1 aliphatic rings. The molecule has 2 aromatic rings. The number of amides is 3. The third-order valence-electron chi connectivity index (χ3n) is 3.93. The zero-order chi connectivity index (χ0) is 18.0. The lowest BCUT2D eigenvalue weighted by Crippen LogP contribution is -2.46. The number of hydrogen-bond acceptors (Lipinski definition) is 4. The Hall–Kier alpha value is -2.67. The monoisotopic (exact) mass is 402 g/mol. The Morgan fingerprint density at radius 1 is 1.04 bits per heavy atom. The lowest BCUT2D eigenvalue weighted by Gasteiger charge is -2.28. The summed E-state index contributed by atoms with van der Waals surface area (Å²) >= 11 is 3.08. The maximum absolute atomic E-state index is 13.3. The number of halogens is 1. The number of rotatable bonds is 4. The van der Waals surface area contributed by atoms with Crippen LogP contribution in [0.4, 0.5) is 4.79 Å². The minimum absolute atomic E-state index is 0.530. The first kappa shape index (κ1) is 17.2. The minimum Gasteiger partial charge on any atom is -0.431 e. The van der Waals surface area contributed by atoms with E-state index in [1.807, 2.05) is 12.1 Å². The first-order chi connectivity index (χ1) is 12.0. The molecular weight excluding hydrogens is 388 g/mol. The van der Waals surface area contributed by atoms with Crippen LogP contribution in [-0.4, -0.2) is 27.9 Å². The van der Waals surface area contributed by atoms with Gasteiger partial charge in [-0.3, -0.25) is 9.59 Å². The largest absolute Gasteiger partial charge is 0.431 e. The summed E-state index contributed by atoms with van der Waals surface area (Å²) < 4.78 is 4.96. The zero-order valence-corrected chi connectivity index (χ0v) is 14.9. The SMILES string of the molecule is CC(=O)OC(Br)N1C(=O)NC(c2ccccc2)(c2ccccc2)C1=O. The zero-order valence-electron chi connectivity index (χ0n) is 13.3. The summed E-state index contributed by atoms with van der Waals surface area (Å²) in [5.74, 6) is -1.14. The van der Waals surface area contributed by atoms with E-state index in [-0.39, 0.29) is 0 Å². The summed E-state index contributed by atoms with van der Waals surface area (Å²) in [6.45, 7) is 1.20. The molecule has 0 bridgehead atoms. The molecule has 0 radical (unpaired) electrons. The molecule has 0 saturated carbocycles. The average molecular weight is 403 g/mol. The number of benzene rings is 2. The Labute approximate surface area is 152 Å². The quantitative estimate of drug-likeness (QED) is 0.369. The number of esters is 1. The number of carbonyl (C=O) groups is 3. The maximum atomic E-state index is 13.3. The van der Waals surface area contributed by atoms with E-state index in [9.17, 15) is 14.4 Å². The molecule has 1 saturated heterocycles. The topological polar surface area (TPSA) is 75.7 Å². The van der Waals surface area contributed by atoms with Crippen molar-refractivity contribution in [1.82, 2.24) is 10.2 Å². The molecule has 7 heteroatoms. The number of hydrogen-bond donors (Lipinski definition) is 1. The Kier molecular flexibility index (Phi) is 4.59. The van der Waals surface area contributed by atoms with Gasteiger partial charge in [0.1, 0.15) is 0 Å². The molecule has 1 atom stereocenters. The van der Waals surface area contributed by atoms with Gasteiger partial charge in [-0.05, 0) is 27.1 Å². The molecule has 1 unspecified atom stereocenters. The highest BCUT2D eigenvalue weighted by molar-refractivity contribution is 9.09. The highest BCUT2D eigenvalue weighted by Gasteiger charge is 2.55. The number of urea groups is 1. The van der Waals surface area contributed by atoms with Crippen LogP contribution in [0.15, 0.2) is 60.7 Å². The molecule has 6 nitrogen and oxygen atoms in total. The van der Waals surface area contributed by atoms with Crippen molar-refractivity contribution in [2.24, 2.45) is 0 Å². The van der Waals surface area contributed by atoms with Gasteiger partial charge in [0.15, 0.2) is 5.54 Å². The minimum atomic E-state index is -1.38. The second kappa shape index (κ2) is 6.68. The molecule has 1 aliphatic heterocycles. The highest BCUT2D eigenvalue weighted by Crippen LogP contribution is 2.37.